The zero-order chi connectivity index (χ0) is 16.4. The molecule has 23 heavy (non-hydrogen) atoms. The molecule has 3 atom stereocenters. The summed E-state index contributed by atoms with van der Waals surface area (Å²) < 4.78 is 0. The molecule has 1 saturated carbocycles. The van der Waals surface area contributed by atoms with Gasteiger partial charge in [0.05, 0.1) is 12.5 Å². The number of amides is 2. The van der Waals surface area contributed by atoms with Gasteiger partial charge in [0.15, 0.2) is 0 Å². The predicted molar refractivity (Wildman–Crippen MR) is 90.3 cm³/mol. The van der Waals surface area contributed by atoms with Gasteiger partial charge in [-0.05, 0) is 49.9 Å². The Morgan fingerprint density at radius 3 is 2.48 bits per heavy atom. The van der Waals surface area contributed by atoms with Crippen molar-refractivity contribution in [2.45, 2.75) is 64.1 Å². The molecule has 124 valence electrons. The van der Waals surface area contributed by atoms with Gasteiger partial charge in [-0.3, -0.25) is 9.59 Å². The Hall–Kier alpha value is -1.88. The van der Waals surface area contributed by atoms with Crippen molar-refractivity contribution < 1.29 is 9.59 Å². The lowest BCUT2D eigenvalue weighted by Crippen LogP contribution is -2.65. The first kappa shape index (κ1) is 16.0. The van der Waals surface area contributed by atoms with Crippen LogP contribution >= 0.6 is 0 Å². The van der Waals surface area contributed by atoms with E-state index in [2.05, 4.69) is 22.0 Å². The van der Waals surface area contributed by atoms with Gasteiger partial charge in [0.2, 0.25) is 11.8 Å². The van der Waals surface area contributed by atoms with E-state index in [0.29, 0.717) is 6.04 Å². The molecule has 2 fully saturated rings. The summed E-state index contributed by atoms with van der Waals surface area (Å²) in [5.41, 5.74) is 3.01. The van der Waals surface area contributed by atoms with Gasteiger partial charge in [0, 0.05) is 17.8 Å². The zero-order valence-corrected chi connectivity index (χ0v) is 13.8. The van der Waals surface area contributed by atoms with Crippen molar-refractivity contribution in [3.05, 3.63) is 29.3 Å². The van der Waals surface area contributed by atoms with Crippen molar-refractivity contribution in [1.82, 2.24) is 10.6 Å². The fourth-order valence-corrected chi connectivity index (χ4v) is 3.72. The molecule has 3 N–H and O–H groups in total. The summed E-state index contributed by atoms with van der Waals surface area (Å²) >= 11 is 0. The molecule has 1 aromatic rings. The minimum atomic E-state index is -0.430. The molecule has 1 saturated heterocycles. The normalized spacial score (nSPS) is 27.0. The van der Waals surface area contributed by atoms with E-state index in [1.54, 1.807) is 0 Å². The maximum Gasteiger partial charge on any atom is 0.237 e. The van der Waals surface area contributed by atoms with E-state index in [1.165, 1.54) is 12.8 Å². The first-order valence-corrected chi connectivity index (χ1v) is 8.46. The second kappa shape index (κ2) is 6.71. The third-order valence-electron chi connectivity index (χ3n) is 4.72. The Labute approximate surface area is 137 Å². The summed E-state index contributed by atoms with van der Waals surface area (Å²) in [4.78, 5) is 24.5. The molecule has 5 nitrogen and oxygen atoms in total. The maximum atomic E-state index is 12.3. The van der Waals surface area contributed by atoms with Gasteiger partial charge in [-0.15, -0.1) is 0 Å². The quantitative estimate of drug-likeness (QED) is 0.799. The van der Waals surface area contributed by atoms with Gasteiger partial charge in [-0.25, -0.2) is 0 Å². The second-order valence-corrected chi connectivity index (χ2v) is 6.85. The summed E-state index contributed by atoms with van der Waals surface area (Å²) in [6, 6.07) is 6.05. The number of carbonyl (C=O) groups excluding carboxylic acids is 2. The van der Waals surface area contributed by atoms with Crippen LogP contribution in [0.25, 0.3) is 0 Å². The molecule has 2 aliphatic rings. The van der Waals surface area contributed by atoms with Crippen molar-refractivity contribution in [2.24, 2.45) is 0 Å². The minimum Gasteiger partial charge on any atom is -0.350 e. The number of hydrogen-bond donors (Lipinski definition) is 3. The van der Waals surface area contributed by atoms with E-state index in [-0.39, 0.29) is 24.3 Å². The molecule has 0 bridgehead atoms. The second-order valence-electron chi connectivity index (χ2n) is 6.85. The third kappa shape index (κ3) is 3.91. The average Bonchev–Trinajstić information content (AvgIpc) is 2.46. The van der Waals surface area contributed by atoms with Crippen LogP contribution in [0.5, 0.6) is 0 Å². The predicted octanol–water partition coefficient (Wildman–Crippen LogP) is 2.03. The molecule has 1 aromatic carbocycles. The number of nitrogens with one attached hydrogen (secondary N) is 3. The molecular formula is C18H25N3O2. The number of fused-ring (bicyclic) bond motifs is 1. The van der Waals surface area contributed by atoms with Gasteiger partial charge >= 0.3 is 0 Å². The first-order chi connectivity index (χ1) is 11.0. The zero-order valence-electron chi connectivity index (χ0n) is 13.8. The topological polar surface area (TPSA) is 70.2 Å². The molecule has 0 spiro atoms. The Bertz CT molecular complexity index is 594. The molecular weight excluding hydrogens is 290 g/mol. The summed E-state index contributed by atoms with van der Waals surface area (Å²) in [5, 5.41) is 9.35. The van der Waals surface area contributed by atoms with Crippen LogP contribution in [-0.4, -0.2) is 29.9 Å². The molecule has 1 heterocycles. The van der Waals surface area contributed by atoms with Crippen LogP contribution in [0.1, 0.15) is 43.2 Å². The number of piperazine rings is 1. The number of carbonyl (C=O) groups is 2. The number of hydrogen-bond acceptors (Lipinski definition) is 3. The van der Waals surface area contributed by atoms with Crippen molar-refractivity contribution in [2.75, 3.05) is 5.32 Å². The molecule has 0 unspecified atom stereocenters. The van der Waals surface area contributed by atoms with Crippen LogP contribution < -0.4 is 16.0 Å². The van der Waals surface area contributed by atoms with Crippen LogP contribution in [0.4, 0.5) is 5.69 Å². The highest BCUT2D eigenvalue weighted by atomic mass is 16.2. The SMILES string of the molecule is Cc1cc(C)cc(NC(=O)C[C@@H]2N[C@@H]3CCCC[C@@H]3NC2=O)c1. The summed E-state index contributed by atoms with van der Waals surface area (Å²) in [7, 11) is 0. The Morgan fingerprint density at radius 2 is 1.78 bits per heavy atom. The van der Waals surface area contributed by atoms with Gasteiger partial charge in [-0.2, -0.15) is 0 Å². The van der Waals surface area contributed by atoms with E-state index in [0.717, 1.165) is 29.7 Å². The van der Waals surface area contributed by atoms with Crippen LogP contribution in [0, 0.1) is 13.8 Å². The molecule has 0 radical (unpaired) electrons. The Kier molecular flexibility index (Phi) is 4.66. The van der Waals surface area contributed by atoms with Gasteiger partial charge in [-0.1, -0.05) is 18.9 Å². The summed E-state index contributed by atoms with van der Waals surface area (Å²) in [6.07, 6.45) is 4.62. The number of anilines is 1. The molecule has 3 rings (SSSR count). The van der Waals surface area contributed by atoms with Gasteiger partial charge in [0.1, 0.15) is 0 Å². The largest absolute Gasteiger partial charge is 0.350 e. The van der Waals surface area contributed by atoms with Crippen LogP contribution in [0.15, 0.2) is 18.2 Å². The first-order valence-electron chi connectivity index (χ1n) is 8.46. The Balaban J connectivity index is 1.59. The van der Waals surface area contributed by atoms with Crippen molar-refractivity contribution in [1.29, 1.82) is 0 Å². The number of aryl methyl sites for hydroxylation is 2. The number of rotatable bonds is 3. The Morgan fingerprint density at radius 1 is 1.13 bits per heavy atom. The van der Waals surface area contributed by atoms with Gasteiger partial charge < -0.3 is 16.0 Å². The highest BCUT2D eigenvalue weighted by Gasteiger charge is 2.36. The highest BCUT2D eigenvalue weighted by Crippen LogP contribution is 2.22. The van der Waals surface area contributed by atoms with E-state index in [4.69, 9.17) is 0 Å². The number of benzene rings is 1. The van der Waals surface area contributed by atoms with Crippen molar-refractivity contribution >= 4 is 17.5 Å². The lowest BCUT2D eigenvalue weighted by atomic mass is 9.87. The minimum absolute atomic E-state index is 0.0521. The molecule has 5 heteroatoms. The third-order valence-corrected chi connectivity index (χ3v) is 4.72. The highest BCUT2D eigenvalue weighted by molar-refractivity contribution is 5.95. The van der Waals surface area contributed by atoms with Crippen LogP contribution in [0.2, 0.25) is 0 Å². The maximum absolute atomic E-state index is 12.3. The lowest BCUT2D eigenvalue weighted by molar-refractivity contribution is -0.129. The van der Waals surface area contributed by atoms with Crippen LogP contribution in [0.3, 0.4) is 0 Å². The fraction of sp³-hybridized carbons (Fsp3) is 0.556. The van der Waals surface area contributed by atoms with E-state index in [1.807, 2.05) is 26.0 Å². The van der Waals surface area contributed by atoms with E-state index < -0.39 is 6.04 Å². The molecule has 0 aromatic heterocycles. The average molecular weight is 315 g/mol. The molecule has 1 aliphatic heterocycles. The van der Waals surface area contributed by atoms with Crippen molar-refractivity contribution in [3.8, 4) is 0 Å². The molecule has 1 aliphatic carbocycles. The van der Waals surface area contributed by atoms with E-state index in [9.17, 15) is 9.59 Å². The molecule has 2 amide bonds. The summed E-state index contributed by atoms with van der Waals surface area (Å²) in [5.74, 6) is -0.180. The summed E-state index contributed by atoms with van der Waals surface area (Å²) in [6.45, 7) is 4.00. The van der Waals surface area contributed by atoms with E-state index >= 15 is 0 Å². The van der Waals surface area contributed by atoms with Crippen LogP contribution in [-0.2, 0) is 9.59 Å². The van der Waals surface area contributed by atoms with Gasteiger partial charge in [0.25, 0.3) is 0 Å². The monoisotopic (exact) mass is 315 g/mol. The standard InChI is InChI=1S/C18H25N3O2/c1-11-7-12(2)9-13(8-11)19-17(22)10-16-18(23)21-15-6-4-3-5-14(15)20-16/h7-9,14-16,20H,3-6,10H2,1-2H3,(H,19,22)(H,21,23)/t14-,15+,16+/m1/s1. The lowest BCUT2D eigenvalue weighted by Gasteiger charge is -2.40. The van der Waals surface area contributed by atoms with Crippen molar-refractivity contribution in [3.63, 3.8) is 0 Å². The fourth-order valence-electron chi connectivity index (χ4n) is 3.72. The smallest absolute Gasteiger partial charge is 0.237 e.